The predicted octanol–water partition coefficient (Wildman–Crippen LogP) is 2.44. The van der Waals surface area contributed by atoms with Crippen LogP contribution in [0.2, 0.25) is 0 Å². The summed E-state index contributed by atoms with van der Waals surface area (Å²) in [5, 5.41) is 10.9. The van der Waals surface area contributed by atoms with Crippen molar-refractivity contribution in [2.24, 2.45) is 0 Å². The largest absolute Gasteiger partial charge is 0.497 e. The summed E-state index contributed by atoms with van der Waals surface area (Å²) in [5.74, 6) is 0.681. The molecule has 9 heteroatoms. The van der Waals surface area contributed by atoms with Crippen LogP contribution in [0, 0.1) is 0 Å². The molecule has 114 valence electrons. The summed E-state index contributed by atoms with van der Waals surface area (Å²) in [4.78, 5) is 0. The fourth-order valence-electron chi connectivity index (χ4n) is 1.97. The van der Waals surface area contributed by atoms with Crippen LogP contribution in [0.25, 0.3) is 11.4 Å². The van der Waals surface area contributed by atoms with E-state index in [0.717, 1.165) is 4.68 Å². The zero-order valence-corrected chi connectivity index (χ0v) is 11.4. The highest BCUT2D eigenvalue weighted by Gasteiger charge is 2.32. The van der Waals surface area contributed by atoms with Crippen LogP contribution in [0.5, 0.6) is 5.75 Å². The van der Waals surface area contributed by atoms with Gasteiger partial charge in [0.05, 0.1) is 19.6 Å². The molecule has 0 aliphatic heterocycles. The fraction of sp³-hybridized carbons (Fsp3) is 0.417. The average molecular weight is 301 g/mol. The van der Waals surface area contributed by atoms with Crippen molar-refractivity contribution in [3.63, 3.8) is 0 Å². The number of alkyl halides is 3. The number of ether oxygens (including phenoxy) is 1. The van der Waals surface area contributed by atoms with Crippen molar-refractivity contribution in [3.8, 4) is 17.1 Å². The Hall–Kier alpha value is -2.32. The first-order chi connectivity index (χ1) is 9.80. The van der Waals surface area contributed by atoms with Gasteiger partial charge in [-0.1, -0.05) is 0 Å². The summed E-state index contributed by atoms with van der Waals surface area (Å²) < 4.78 is 43.7. The molecule has 0 fully saturated rings. The van der Waals surface area contributed by atoms with E-state index in [1.165, 1.54) is 14.0 Å². The maximum Gasteiger partial charge on any atom is 0.391 e. The number of nitrogen functional groups attached to an aromatic ring is 1. The molecular weight excluding hydrogens is 287 g/mol. The molecule has 1 aromatic carbocycles. The topological polar surface area (TPSA) is 78.8 Å². The molecule has 0 aliphatic carbocycles. The Labute approximate surface area is 118 Å². The molecule has 6 nitrogen and oxygen atoms in total. The van der Waals surface area contributed by atoms with Crippen LogP contribution in [0.15, 0.2) is 18.2 Å². The number of halogens is 3. The number of hydrogen-bond donors (Lipinski definition) is 1. The Morgan fingerprint density at radius 2 is 2.05 bits per heavy atom. The number of nitrogens with two attached hydrogens (primary N) is 1. The third kappa shape index (κ3) is 3.61. The Kier molecular flexibility index (Phi) is 4.01. The number of tetrazole rings is 1. The van der Waals surface area contributed by atoms with Gasteiger partial charge in [-0.05, 0) is 29.5 Å². The van der Waals surface area contributed by atoms with Crippen molar-refractivity contribution >= 4 is 5.69 Å². The van der Waals surface area contributed by atoms with Gasteiger partial charge >= 0.3 is 6.18 Å². The van der Waals surface area contributed by atoms with Crippen molar-refractivity contribution in [3.05, 3.63) is 18.2 Å². The number of nitrogens with zero attached hydrogens (tertiary/aromatic N) is 4. The average Bonchev–Trinajstić information content (AvgIpc) is 2.85. The minimum Gasteiger partial charge on any atom is -0.497 e. The molecule has 1 unspecified atom stereocenters. The molecule has 1 aromatic heterocycles. The molecule has 0 amide bonds. The highest BCUT2D eigenvalue weighted by Crippen LogP contribution is 2.31. The Morgan fingerprint density at radius 1 is 1.33 bits per heavy atom. The number of rotatable bonds is 4. The van der Waals surface area contributed by atoms with Gasteiger partial charge in [0.2, 0.25) is 0 Å². The van der Waals surface area contributed by atoms with Gasteiger partial charge in [0.25, 0.3) is 0 Å². The molecule has 21 heavy (non-hydrogen) atoms. The normalized spacial score (nSPS) is 13.2. The molecule has 1 heterocycles. The van der Waals surface area contributed by atoms with E-state index >= 15 is 0 Å². The van der Waals surface area contributed by atoms with Gasteiger partial charge in [0, 0.05) is 17.3 Å². The van der Waals surface area contributed by atoms with Crippen molar-refractivity contribution in [1.29, 1.82) is 0 Å². The van der Waals surface area contributed by atoms with E-state index in [-0.39, 0.29) is 5.82 Å². The van der Waals surface area contributed by atoms with Gasteiger partial charge in [-0.15, -0.1) is 5.10 Å². The van der Waals surface area contributed by atoms with Crippen LogP contribution < -0.4 is 10.5 Å². The number of hydrogen-bond acceptors (Lipinski definition) is 5. The molecule has 0 saturated carbocycles. The van der Waals surface area contributed by atoms with E-state index in [0.29, 0.717) is 17.0 Å². The lowest BCUT2D eigenvalue weighted by Gasteiger charge is -2.15. The Bertz CT molecular complexity index is 626. The summed E-state index contributed by atoms with van der Waals surface area (Å²) in [5.41, 5.74) is 6.63. The molecule has 0 spiro atoms. The summed E-state index contributed by atoms with van der Waals surface area (Å²) in [6.45, 7) is 1.40. The molecule has 2 aromatic rings. The third-order valence-corrected chi connectivity index (χ3v) is 2.86. The van der Waals surface area contributed by atoms with E-state index in [1.807, 2.05) is 0 Å². The standard InChI is InChI=1S/C12H14F3N5O/c1-7(6-12(13,14)15)20-11(17-18-19-20)8-3-9(16)5-10(4-8)21-2/h3-5,7H,6,16H2,1-2H3. The van der Waals surface area contributed by atoms with E-state index < -0.39 is 18.6 Å². The molecule has 0 radical (unpaired) electrons. The lowest BCUT2D eigenvalue weighted by Crippen LogP contribution is -2.18. The molecule has 2 rings (SSSR count). The molecule has 0 saturated heterocycles. The lowest BCUT2D eigenvalue weighted by molar-refractivity contribution is -0.142. The van der Waals surface area contributed by atoms with Crippen LogP contribution in [0.4, 0.5) is 18.9 Å². The summed E-state index contributed by atoms with van der Waals surface area (Å²) in [6.07, 6.45) is -5.32. The number of benzene rings is 1. The van der Waals surface area contributed by atoms with Gasteiger partial charge in [-0.2, -0.15) is 13.2 Å². The number of aromatic nitrogens is 4. The van der Waals surface area contributed by atoms with Crippen LogP contribution in [0.1, 0.15) is 19.4 Å². The van der Waals surface area contributed by atoms with Crippen LogP contribution >= 0.6 is 0 Å². The maximum atomic E-state index is 12.5. The first kappa shape index (κ1) is 15.1. The summed E-state index contributed by atoms with van der Waals surface area (Å²) in [6, 6.07) is 3.85. The van der Waals surface area contributed by atoms with E-state index in [2.05, 4.69) is 15.5 Å². The second-order valence-electron chi connectivity index (χ2n) is 4.61. The van der Waals surface area contributed by atoms with Crippen molar-refractivity contribution in [2.45, 2.75) is 25.6 Å². The quantitative estimate of drug-likeness (QED) is 0.877. The minimum absolute atomic E-state index is 0.206. The highest BCUT2D eigenvalue weighted by molar-refractivity contribution is 5.64. The van der Waals surface area contributed by atoms with Gasteiger partial charge in [0.1, 0.15) is 5.75 Å². The Balaban J connectivity index is 2.38. The van der Waals surface area contributed by atoms with E-state index in [4.69, 9.17) is 10.5 Å². The molecule has 0 bridgehead atoms. The van der Waals surface area contributed by atoms with Gasteiger partial charge in [0.15, 0.2) is 5.82 Å². The molecule has 0 aliphatic rings. The van der Waals surface area contributed by atoms with Gasteiger partial charge in [-0.3, -0.25) is 0 Å². The second-order valence-corrected chi connectivity index (χ2v) is 4.61. The predicted molar refractivity (Wildman–Crippen MR) is 69.6 cm³/mol. The first-order valence-electron chi connectivity index (χ1n) is 6.09. The van der Waals surface area contributed by atoms with Crippen LogP contribution in [-0.2, 0) is 0 Å². The lowest BCUT2D eigenvalue weighted by atomic mass is 10.1. The van der Waals surface area contributed by atoms with Crippen molar-refractivity contribution in [1.82, 2.24) is 20.2 Å². The number of methoxy groups -OCH3 is 1. The SMILES string of the molecule is COc1cc(N)cc(-c2nnnn2C(C)CC(F)(F)F)c1. The fourth-order valence-corrected chi connectivity index (χ4v) is 1.97. The maximum absolute atomic E-state index is 12.5. The summed E-state index contributed by atoms with van der Waals surface area (Å²) in [7, 11) is 1.47. The third-order valence-electron chi connectivity index (χ3n) is 2.86. The zero-order chi connectivity index (χ0) is 15.6. The molecule has 1 atom stereocenters. The van der Waals surface area contributed by atoms with Crippen molar-refractivity contribution < 1.29 is 17.9 Å². The highest BCUT2D eigenvalue weighted by atomic mass is 19.4. The smallest absolute Gasteiger partial charge is 0.391 e. The van der Waals surface area contributed by atoms with E-state index in [1.54, 1.807) is 18.2 Å². The monoisotopic (exact) mass is 301 g/mol. The zero-order valence-electron chi connectivity index (χ0n) is 11.4. The van der Waals surface area contributed by atoms with E-state index in [9.17, 15) is 13.2 Å². The van der Waals surface area contributed by atoms with Crippen molar-refractivity contribution in [2.75, 3.05) is 12.8 Å². The minimum atomic E-state index is -4.30. The second kappa shape index (κ2) is 5.58. The van der Waals surface area contributed by atoms with Gasteiger partial charge in [-0.25, -0.2) is 4.68 Å². The molecular formula is C12H14F3N5O. The number of anilines is 1. The van der Waals surface area contributed by atoms with Crippen LogP contribution in [0.3, 0.4) is 0 Å². The summed E-state index contributed by atoms with van der Waals surface area (Å²) >= 11 is 0. The Morgan fingerprint density at radius 3 is 2.67 bits per heavy atom. The van der Waals surface area contributed by atoms with Crippen LogP contribution in [-0.4, -0.2) is 33.5 Å². The molecule has 2 N–H and O–H groups in total. The first-order valence-corrected chi connectivity index (χ1v) is 6.09. The van der Waals surface area contributed by atoms with Gasteiger partial charge < -0.3 is 10.5 Å².